The number of nitrogens with two attached hydrogens (primary N) is 1. The molecule has 2 rings (SSSR count). The fourth-order valence-electron chi connectivity index (χ4n) is 3.07. The number of hydrogen-bond acceptors (Lipinski definition) is 4. The van der Waals surface area contributed by atoms with Gasteiger partial charge >= 0.3 is 0 Å². The Bertz CT molecular complexity index is 573. The molecule has 1 saturated carbocycles. The van der Waals surface area contributed by atoms with Gasteiger partial charge in [0.2, 0.25) is 0 Å². The van der Waals surface area contributed by atoms with Gasteiger partial charge in [-0.1, -0.05) is 23.7 Å². The second-order valence-electron chi connectivity index (χ2n) is 5.35. The van der Waals surface area contributed by atoms with Crippen LogP contribution >= 0.6 is 11.6 Å². The van der Waals surface area contributed by atoms with E-state index in [1.165, 1.54) is 6.26 Å². The third-order valence-electron chi connectivity index (χ3n) is 4.02. The van der Waals surface area contributed by atoms with Gasteiger partial charge in [-0.3, -0.25) is 0 Å². The minimum Gasteiger partial charge on any atom is -0.381 e. The van der Waals surface area contributed by atoms with Crippen molar-refractivity contribution in [2.24, 2.45) is 11.1 Å². The topological polar surface area (TPSA) is 69.4 Å². The van der Waals surface area contributed by atoms with Gasteiger partial charge in [0.05, 0.1) is 11.9 Å². The van der Waals surface area contributed by atoms with Gasteiger partial charge in [0.25, 0.3) is 0 Å². The van der Waals surface area contributed by atoms with Crippen molar-refractivity contribution in [2.75, 3.05) is 26.0 Å². The molecule has 0 aliphatic heterocycles. The summed E-state index contributed by atoms with van der Waals surface area (Å²) >= 11 is 5.88. The van der Waals surface area contributed by atoms with Crippen molar-refractivity contribution >= 4 is 21.4 Å². The van der Waals surface area contributed by atoms with E-state index in [9.17, 15) is 8.42 Å². The van der Waals surface area contributed by atoms with Crippen LogP contribution in [0.2, 0.25) is 5.02 Å². The first-order valence-electron chi connectivity index (χ1n) is 6.59. The van der Waals surface area contributed by atoms with Gasteiger partial charge in [-0.25, -0.2) is 8.42 Å². The summed E-state index contributed by atoms with van der Waals surface area (Å²) < 4.78 is 29.6. The Kier molecular flexibility index (Phi) is 4.44. The second kappa shape index (κ2) is 5.64. The maximum Gasteiger partial charge on any atom is 0.151 e. The van der Waals surface area contributed by atoms with Gasteiger partial charge < -0.3 is 10.5 Å². The van der Waals surface area contributed by atoms with Crippen LogP contribution in [-0.2, 0) is 14.6 Å². The van der Waals surface area contributed by atoms with E-state index in [1.807, 2.05) is 19.1 Å². The lowest BCUT2D eigenvalue weighted by Crippen LogP contribution is -2.28. The lowest BCUT2D eigenvalue weighted by Gasteiger charge is -2.15. The minimum absolute atomic E-state index is 0.119. The average molecular weight is 318 g/mol. The Morgan fingerprint density at radius 1 is 1.35 bits per heavy atom. The molecule has 0 heterocycles. The number of hydrogen-bond donors (Lipinski definition) is 1. The molecule has 1 aliphatic rings. The smallest absolute Gasteiger partial charge is 0.151 e. The highest BCUT2D eigenvalue weighted by Crippen LogP contribution is 2.62. The summed E-state index contributed by atoms with van der Waals surface area (Å²) in [6.45, 7) is 3.09. The van der Waals surface area contributed by atoms with Crippen molar-refractivity contribution < 1.29 is 13.2 Å². The van der Waals surface area contributed by atoms with Crippen LogP contribution in [0.3, 0.4) is 0 Å². The van der Waals surface area contributed by atoms with Crippen molar-refractivity contribution in [2.45, 2.75) is 18.1 Å². The first kappa shape index (κ1) is 15.8. The molecule has 1 aromatic carbocycles. The van der Waals surface area contributed by atoms with Crippen LogP contribution in [0.1, 0.15) is 18.4 Å². The lowest BCUT2D eigenvalue weighted by molar-refractivity contribution is 0.101. The molecule has 3 atom stereocenters. The molecule has 0 amide bonds. The molecule has 0 unspecified atom stereocenters. The average Bonchev–Trinajstić information content (AvgIpc) is 3.07. The molecule has 1 aliphatic carbocycles. The summed E-state index contributed by atoms with van der Waals surface area (Å²) in [4.78, 5) is 0. The summed E-state index contributed by atoms with van der Waals surface area (Å²) in [6, 6.07) is 7.29. The highest BCUT2D eigenvalue weighted by molar-refractivity contribution is 7.91. The Morgan fingerprint density at radius 3 is 2.40 bits per heavy atom. The van der Waals surface area contributed by atoms with E-state index in [0.29, 0.717) is 18.2 Å². The van der Waals surface area contributed by atoms with Crippen molar-refractivity contribution in [1.29, 1.82) is 0 Å². The van der Waals surface area contributed by atoms with Gasteiger partial charge in [0, 0.05) is 35.8 Å². The monoisotopic (exact) mass is 317 g/mol. The Morgan fingerprint density at radius 2 is 1.95 bits per heavy atom. The van der Waals surface area contributed by atoms with E-state index in [2.05, 4.69) is 0 Å². The predicted octanol–water partition coefficient (Wildman–Crippen LogP) is 1.83. The van der Waals surface area contributed by atoms with Crippen LogP contribution < -0.4 is 5.73 Å². The Balaban J connectivity index is 2.36. The van der Waals surface area contributed by atoms with Gasteiger partial charge in [-0.15, -0.1) is 0 Å². The lowest BCUT2D eigenvalue weighted by atomic mass is 10.00. The van der Waals surface area contributed by atoms with Gasteiger partial charge in [-0.05, 0) is 24.6 Å². The molecule has 0 bridgehead atoms. The van der Waals surface area contributed by atoms with E-state index in [0.717, 1.165) is 5.56 Å². The van der Waals surface area contributed by atoms with E-state index < -0.39 is 20.5 Å². The Labute approximate surface area is 125 Å². The third-order valence-corrected chi connectivity index (χ3v) is 5.94. The number of rotatable bonds is 6. The maximum absolute atomic E-state index is 12.0. The van der Waals surface area contributed by atoms with E-state index in [4.69, 9.17) is 22.1 Å². The van der Waals surface area contributed by atoms with Crippen LogP contribution in [0.25, 0.3) is 0 Å². The van der Waals surface area contributed by atoms with Crippen LogP contribution in [0.15, 0.2) is 24.3 Å². The van der Waals surface area contributed by atoms with Crippen LogP contribution in [0.5, 0.6) is 0 Å². The number of sulfone groups is 1. The zero-order valence-corrected chi connectivity index (χ0v) is 13.2. The van der Waals surface area contributed by atoms with E-state index >= 15 is 0 Å². The molecule has 1 aromatic rings. The van der Waals surface area contributed by atoms with E-state index in [1.54, 1.807) is 12.1 Å². The van der Waals surface area contributed by atoms with E-state index in [-0.39, 0.29) is 12.5 Å². The first-order chi connectivity index (χ1) is 9.36. The summed E-state index contributed by atoms with van der Waals surface area (Å²) in [5.41, 5.74) is 6.32. The quantitative estimate of drug-likeness (QED) is 0.869. The largest absolute Gasteiger partial charge is 0.381 e. The third kappa shape index (κ3) is 2.72. The molecule has 0 aromatic heterocycles. The van der Waals surface area contributed by atoms with Crippen molar-refractivity contribution in [3.63, 3.8) is 0 Å². The molecule has 2 N–H and O–H groups in total. The van der Waals surface area contributed by atoms with Crippen LogP contribution in [-0.4, -0.2) is 39.7 Å². The molecule has 6 heteroatoms. The van der Waals surface area contributed by atoms with Crippen molar-refractivity contribution in [3.8, 4) is 0 Å². The fourth-order valence-corrected chi connectivity index (χ4v) is 5.20. The summed E-state index contributed by atoms with van der Waals surface area (Å²) in [7, 11) is -3.18. The van der Waals surface area contributed by atoms with Gasteiger partial charge in [-0.2, -0.15) is 0 Å². The normalized spacial score (nSPS) is 29.4. The second-order valence-corrected chi connectivity index (χ2v) is 7.96. The number of benzene rings is 1. The highest BCUT2D eigenvalue weighted by Gasteiger charge is 2.69. The maximum atomic E-state index is 12.0. The molecule has 0 saturated heterocycles. The first-order valence-corrected chi connectivity index (χ1v) is 8.92. The summed E-state index contributed by atoms with van der Waals surface area (Å²) in [5, 5.41) is 0.154. The van der Waals surface area contributed by atoms with Crippen LogP contribution in [0, 0.1) is 5.41 Å². The number of ether oxygens (including phenoxy) is 1. The van der Waals surface area contributed by atoms with Crippen molar-refractivity contribution in [1.82, 2.24) is 0 Å². The zero-order chi connectivity index (χ0) is 15.0. The SMILES string of the molecule is CCOC[C@@]1(CN)[C@@H](c2ccc(Cl)cc2)[C@@H]1S(C)(=O)=O. The van der Waals surface area contributed by atoms with Crippen molar-refractivity contribution in [3.05, 3.63) is 34.9 Å². The van der Waals surface area contributed by atoms with Gasteiger partial charge in [0.15, 0.2) is 9.84 Å². The Hall–Kier alpha value is -0.620. The molecule has 112 valence electrons. The molecule has 20 heavy (non-hydrogen) atoms. The molecule has 1 fully saturated rings. The molecular formula is C14H20ClNO3S. The summed E-state index contributed by atoms with van der Waals surface area (Å²) in [5.74, 6) is -0.119. The molecular weight excluding hydrogens is 298 g/mol. The summed E-state index contributed by atoms with van der Waals surface area (Å²) in [6.07, 6.45) is 1.27. The van der Waals surface area contributed by atoms with Crippen LogP contribution in [0.4, 0.5) is 0 Å². The molecule has 0 spiro atoms. The molecule has 4 nitrogen and oxygen atoms in total. The highest BCUT2D eigenvalue weighted by atomic mass is 35.5. The zero-order valence-electron chi connectivity index (χ0n) is 11.7. The standard InChI is InChI=1S/C14H20ClNO3S/c1-3-19-9-14(8-16)12(13(14)20(2,17)18)10-4-6-11(15)7-5-10/h4-7,12-13H,3,8-9,16H2,1-2H3/t12-,13-,14-/m0/s1. The van der Waals surface area contributed by atoms with Gasteiger partial charge in [0.1, 0.15) is 0 Å². The number of halogens is 1. The fraction of sp³-hybridized carbons (Fsp3) is 0.571. The molecule has 0 radical (unpaired) electrons. The predicted molar refractivity (Wildman–Crippen MR) is 80.8 cm³/mol. The minimum atomic E-state index is -3.18.